The smallest absolute Gasteiger partial charge is 0.321 e. The molecule has 4 aliphatic rings. The largest absolute Gasteiger partial charge is 0.343 e. The number of rotatable bonds is 5. The molecular weight excluding hydrogens is 436 g/mol. The fourth-order valence-electron chi connectivity index (χ4n) is 6.96. The maximum atomic E-state index is 12.9. The van der Waals surface area contributed by atoms with Gasteiger partial charge >= 0.3 is 6.03 Å². The molecule has 6 nitrogen and oxygen atoms in total. The van der Waals surface area contributed by atoms with Crippen LogP contribution in [0.1, 0.15) is 67.9 Å². The monoisotopic (exact) mass is 472 g/mol. The van der Waals surface area contributed by atoms with Crippen LogP contribution < -0.4 is 5.32 Å². The van der Waals surface area contributed by atoms with Gasteiger partial charge in [0.25, 0.3) is 0 Å². The van der Waals surface area contributed by atoms with E-state index in [4.69, 9.17) is 0 Å². The van der Waals surface area contributed by atoms with Crippen LogP contribution in [0.4, 0.5) is 10.5 Å². The van der Waals surface area contributed by atoms with E-state index >= 15 is 0 Å². The average molecular weight is 473 g/mol. The highest BCUT2D eigenvalue weighted by Crippen LogP contribution is 2.49. The van der Waals surface area contributed by atoms with Gasteiger partial charge in [-0.3, -0.25) is 9.78 Å². The zero-order chi connectivity index (χ0) is 23.8. The number of carbonyl (C=O) groups excluding carboxylic acids is 2. The van der Waals surface area contributed by atoms with E-state index in [2.05, 4.69) is 33.4 Å². The van der Waals surface area contributed by atoms with Crippen LogP contribution in [0.5, 0.6) is 0 Å². The second kappa shape index (κ2) is 9.63. The molecule has 3 atom stereocenters. The van der Waals surface area contributed by atoms with Crippen molar-refractivity contribution in [3.63, 3.8) is 0 Å². The minimum atomic E-state index is -0.0415. The molecule has 2 aliphatic carbocycles. The van der Waals surface area contributed by atoms with Crippen LogP contribution in [0.2, 0.25) is 0 Å². The summed E-state index contributed by atoms with van der Waals surface area (Å²) in [5, 5.41) is 3.03. The van der Waals surface area contributed by atoms with Crippen molar-refractivity contribution < 1.29 is 9.59 Å². The summed E-state index contributed by atoms with van der Waals surface area (Å²) in [7, 11) is 0. The van der Waals surface area contributed by atoms with Crippen molar-refractivity contribution in [1.82, 2.24) is 14.8 Å². The Morgan fingerprint density at radius 1 is 0.886 bits per heavy atom. The van der Waals surface area contributed by atoms with Crippen molar-refractivity contribution in [2.24, 2.45) is 17.8 Å². The number of urea groups is 1. The molecule has 3 amide bonds. The molecule has 2 aromatic rings. The summed E-state index contributed by atoms with van der Waals surface area (Å²) >= 11 is 0. The number of piperidine rings is 1. The molecule has 2 saturated heterocycles. The minimum absolute atomic E-state index is 0.0415. The molecule has 35 heavy (non-hydrogen) atoms. The van der Waals surface area contributed by atoms with Crippen LogP contribution >= 0.6 is 0 Å². The molecule has 1 N–H and O–H groups in total. The van der Waals surface area contributed by atoms with E-state index in [1.165, 1.54) is 36.8 Å². The first-order valence-electron chi connectivity index (χ1n) is 13.5. The number of nitrogens with one attached hydrogen (secondary N) is 1. The first-order valence-corrected chi connectivity index (χ1v) is 13.5. The summed E-state index contributed by atoms with van der Waals surface area (Å²) in [6.07, 6.45) is 11.9. The molecule has 1 aromatic carbocycles. The Morgan fingerprint density at radius 2 is 1.69 bits per heavy atom. The number of hydrogen-bond acceptors (Lipinski definition) is 3. The van der Waals surface area contributed by atoms with Gasteiger partial charge in [0.15, 0.2) is 0 Å². The zero-order valence-corrected chi connectivity index (χ0v) is 20.4. The third kappa shape index (κ3) is 4.80. The molecule has 4 fully saturated rings. The summed E-state index contributed by atoms with van der Waals surface area (Å²) in [4.78, 5) is 33.6. The van der Waals surface area contributed by atoms with Crippen molar-refractivity contribution in [3.05, 3.63) is 59.9 Å². The van der Waals surface area contributed by atoms with Gasteiger partial charge < -0.3 is 15.1 Å². The quantitative estimate of drug-likeness (QED) is 0.647. The lowest BCUT2D eigenvalue weighted by molar-refractivity contribution is -0.133. The molecule has 2 aliphatic heterocycles. The fraction of sp³-hybridized carbons (Fsp3) is 0.552. The second-order valence-electron chi connectivity index (χ2n) is 11.2. The molecular formula is C29H36N4O2. The van der Waals surface area contributed by atoms with Crippen LogP contribution in [0.15, 0.2) is 48.8 Å². The number of hydrogen-bond donors (Lipinski definition) is 1. The van der Waals surface area contributed by atoms with E-state index in [9.17, 15) is 9.59 Å². The molecule has 2 bridgehead atoms. The Labute approximate surface area is 208 Å². The number of nitrogens with zero attached hydrogens (tertiary/aromatic N) is 3. The lowest BCUT2D eigenvalue weighted by atomic mass is 9.85. The van der Waals surface area contributed by atoms with Crippen LogP contribution in [-0.2, 0) is 4.79 Å². The standard InChI is InChI=1S/C29H36N4O2/c34-28(16-25-15-20-3-4-23(25)14-20)32-12-9-22(10-13-32)21-5-7-27(8-6-21)31-29(35)33-18-26(19-33)24-2-1-11-30-17-24/h1-2,5-8,11,17,20,22-23,25-26H,3-4,9-10,12-16,18-19H2,(H,31,35)/t20?,23-,25?/m0/s1. The third-order valence-electron chi connectivity index (χ3n) is 9.13. The Bertz CT molecular complexity index is 1040. The predicted octanol–water partition coefficient (Wildman–Crippen LogP) is 5.25. The van der Waals surface area contributed by atoms with Crippen molar-refractivity contribution >= 4 is 17.6 Å². The molecule has 6 rings (SSSR count). The summed E-state index contributed by atoms with van der Waals surface area (Å²) in [6.45, 7) is 3.20. The van der Waals surface area contributed by atoms with Gasteiger partial charge in [-0.15, -0.1) is 0 Å². The number of benzene rings is 1. The van der Waals surface area contributed by atoms with E-state index in [-0.39, 0.29) is 6.03 Å². The van der Waals surface area contributed by atoms with Crippen molar-refractivity contribution in [2.75, 3.05) is 31.5 Å². The Kier molecular flexibility index (Phi) is 6.21. The van der Waals surface area contributed by atoms with Gasteiger partial charge in [-0.05, 0) is 85.1 Å². The van der Waals surface area contributed by atoms with Crippen molar-refractivity contribution in [1.29, 1.82) is 0 Å². The van der Waals surface area contributed by atoms with E-state index < -0.39 is 0 Å². The Hall–Kier alpha value is -2.89. The fourth-order valence-corrected chi connectivity index (χ4v) is 6.96. The van der Waals surface area contributed by atoms with Crippen LogP contribution in [0, 0.1) is 17.8 Å². The van der Waals surface area contributed by atoms with Crippen molar-refractivity contribution in [3.8, 4) is 0 Å². The number of likely N-dealkylation sites (tertiary alicyclic amines) is 2. The lowest BCUT2D eigenvalue weighted by Gasteiger charge is -2.39. The van der Waals surface area contributed by atoms with Crippen molar-refractivity contribution in [2.45, 2.75) is 56.8 Å². The van der Waals surface area contributed by atoms with E-state index in [1.807, 2.05) is 29.3 Å². The topological polar surface area (TPSA) is 65.5 Å². The van der Waals surface area contributed by atoms with Gasteiger partial charge in [-0.25, -0.2) is 4.79 Å². The number of fused-ring (bicyclic) bond motifs is 2. The zero-order valence-electron chi connectivity index (χ0n) is 20.4. The van der Waals surface area contributed by atoms with Crippen LogP contribution in [0.25, 0.3) is 0 Å². The average Bonchev–Trinajstić information content (AvgIpc) is 3.48. The Balaban J connectivity index is 0.950. The summed E-state index contributed by atoms with van der Waals surface area (Å²) in [6, 6.07) is 12.3. The number of amides is 3. The normalized spacial score (nSPS) is 26.6. The van der Waals surface area contributed by atoms with Gasteiger partial charge in [0.2, 0.25) is 5.91 Å². The first kappa shape index (κ1) is 22.6. The number of anilines is 1. The van der Waals surface area contributed by atoms with E-state index in [0.717, 1.165) is 63.0 Å². The van der Waals surface area contributed by atoms with Gasteiger partial charge in [0.1, 0.15) is 0 Å². The Morgan fingerprint density at radius 3 is 2.34 bits per heavy atom. The van der Waals surface area contributed by atoms with Gasteiger partial charge in [0, 0.05) is 56.6 Å². The molecule has 6 heteroatoms. The second-order valence-corrected chi connectivity index (χ2v) is 11.2. The predicted molar refractivity (Wildman–Crippen MR) is 136 cm³/mol. The maximum absolute atomic E-state index is 12.9. The van der Waals surface area contributed by atoms with Gasteiger partial charge in [0.05, 0.1) is 0 Å². The number of aromatic nitrogens is 1. The molecule has 2 unspecified atom stereocenters. The number of carbonyl (C=O) groups is 2. The summed E-state index contributed by atoms with van der Waals surface area (Å²) in [5.74, 6) is 3.63. The molecule has 0 spiro atoms. The van der Waals surface area contributed by atoms with Crippen LogP contribution in [-0.4, -0.2) is 52.9 Å². The van der Waals surface area contributed by atoms with E-state index in [1.54, 1.807) is 6.20 Å². The minimum Gasteiger partial charge on any atom is -0.343 e. The van der Waals surface area contributed by atoms with Crippen LogP contribution in [0.3, 0.4) is 0 Å². The van der Waals surface area contributed by atoms with E-state index in [0.29, 0.717) is 23.7 Å². The SMILES string of the molecule is O=C(CC1CC2CC[C@H]1C2)N1CCC(c2ccc(NC(=O)N3CC(c4cccnc4)C3)cc2)CC1. The highest BCUT2D eigenvalue weighted by atomic mass is 16.2. The number of pyridine rings is 1. The van der Waals surface area contributed by atoms with Gasteiger partial charge in [-0.1, -0.05) is 24.6 Å². The molecule has 184 valence electrons. The summed E-state index contributed by atoms with van der Waals surface area (Å²) < 4.78 is 0. The molecule has 2 saturated carbocycles. The highest BCUT2D eigenvalue weighted by molar-refractivity contribution is 5.90. The lowest BCUT2D eigenvalue weighted by Crippen LogP contribution is -2.50. The molecule has 1 aromatic heterocycles. The third-order valence-corrected chi connectivity index (χ3v) is 9.13. The summed E-state index contributed by atoms with van der Waals surface area (Å²) in [5.41, 5.74) is 3.34. The first-order chi connectivity index (χ1) is 17.1. The molecule has 3 heterocycles. The van der Waals surface area contributed by atoms with Gasteiger partial charge in [-0.2, -0.15) is 0 Å². The maximum Gasteiger partial charge on any atom is 0.321 e. The molecule has 0 radical (unpaired) electrons. The highest BCUT2D eigenvalue weighted by Gasteiger charge is 2.41.